The molecule has 168 valence electrons. The SMILES string of the molecule is CN(C)c1ccc(C(=O)NC2(N3C(=O)CC3c3ccc4c(c3)OCO4)CCCCC2)cc1. The molecule has 2 fully saturated rings. The number of β-lactam (4-membered cyclic amide) rings is 1. The van der Waals surface area contributed by atoms with E-state index in [0.717, 1.165) is 49.1 Å². The summed E-state index contributed by atoms with van der Waals surface area (Å²) in [4.78, 5) is 30.1. The van der Waals surface area contributed by atoms with E-state index in [1.165, 1.54) is 0 Å². The van der Waals surface area contributed by atoms with Crippen LogP contribution in [0.2, 0.25) is 0 Å². The van der Waals surface area contributed by atoms with Gasteiger partial charge in [0.05, 0.1) is 12.5 Å². The number of hydrogen-bond acceptors (Lipinski definition) is 5. The van der Waals surface area contributed by atoms with Crippen LogP contribution in [0.15, 0.2) is 42.5 Å². The number of nitrogens with zero attached hydrogens (tertiary/aromatic N) is 2. The predicted molar refractivity (Wildman–Crippen MR) is 121 cm³/mol. The average molecular weight is 436 g/mol. The number of nitrogens with one attached hydrogen (secondary N) is 1. The van der Waals surface area contributed by atoms with Crippen LogP contribution in [0.4, 0.5) is 5.69 Å². The highest BCUT2D eigenvalue weighted by atomic mass is 16.7. The smallest absolute Gasteiger partial charge is 0.253 e. The Morgan fingerprint density at radius 2 is 1.75 bits per heavy atom. The van der Waals surface area contributed by atoms with E-state index in [1.54, 1.807) is 0 Å². The van der Waals surface area contributed by atoms with Gasteiger partial charge in [-0.15, -0.1) is 0 Å². The molecule has 7 heteroatoms. The largest absolute Gasteiger partial charge is 0.454 e. The van der Waals surface area contributed by atoms with Crippen LogP contribution in [-0.2, 0) is 4.79 Å². The van der Waals surface area contributed by atoms with Crippen LogP contribution in [0.25, 0.3) is 0 Å². The number of benzene rings is 2. The van der Waals surface area contributed by atoms with Gasteiger partial charge in [-0.25, -0.2) is 0 Å². The molecule has 1 atom stereocenters. The summed E-state index contributed by atoms with van der Waals surface area (Å²) in [6, 6.07) is 13.3. The molecule has 2 aliphatic heterocycles. The zero-order valence-electron chi connectivity index (χ0n) is 18.6. The summed E-state index contributed by atoms with van der Waals surface area (Å²) in [6.45, 7) is 0.221. The fourth-order valence-electron chi connectivity index (χ4n) is 5.10. The molecular formula is C25H29N3O4. The van der Waals surface area contributed by atoms with Crippen LogP contribution in [0, 0.1) is 0 Å². The molecule has 3 aliphatic rings. The van der Waals surface area contributed by atoms with Crippen molar-refractivity contribution in [2.45, 2.75) is 50.2 Å². The lowest BCUT2D eigenvalue weighted by Crippen LogP contribution is -2.68. The quantitative estimate of drug-likeness (QED) is 0.723. The zero-order chi connectivity index (χ0) is 22.3. The fraction of sp³-hybridized carbons (Fsp3) is 0.440. The minimum absolute atomic E-state index is 0.0773. The summed E-state index contributed by atoms with van der Waals surface area (Å²) < 4.78 is 11.0. The van der Waals surface area contributed by atoms with Crippen molar-refractivity contribution in [1.29, 1.82) is 0 Å². The highest BCUT2D eigenvalue weighted by Crippen LogP contribution is 2.47. The van der Waals surface area contributed by atoms with Crippen molar-refractivity contribution in [3.63, 3.8) is 0 Å². The van der Waals surface area contributed by atoms with Crippen molar-refractivity contribution in [1.82, 2.24) is 10.2 Å². The number of likely N-dealkylation sites (tertiary alicyclic amines) is 1. The van der Waals surface area contributed by atoms with E-state index in [9.17, 15) is 9.59 Å². The number of carbonyl (C=O) groups is 2. The lowest BCUT2D eigenvalue weighted by Gasteiger charge is -2.55. The first-order chi connectivity index (χ1) is 15.5. The summed E-state index contributed by atoms with van der Waals surface area (Å²) in [5, 5.41) is 3.28. The van der Waals surface area contributed by atoms with E-state index in [0.29, 0.717) is 17.7 Å². The van der Waals surface area contributed by atoms with Gasteiger partial charge in [0.25, 0.3) is 5.91 Å². The van der Waals surface area contributed by atoms with Crippen LogP contribution in [0.5, 0.6) is 11.5 Å². The number of hydrogen-bond donors (Lipinski definition) is 1. The number of rotatable bonds is 5. The van der Waals surface area contributed by atoms with Crippen LogP contribution in [-0.4, -0.2) is 43.3 Å². The Bertz CT molecular complexity index is 1030. The van der Waals surface area contributed by atoms with Gasteiger partial charge in [0.15, 0.2) is 11.5 Å². The molecular weight excluding hydrogens is 406 g/mol. The standard InChI is InChI=1S/C25H29N3O4/c1-27(2)19-9-6-17(7-10-19)24(30)26-25(12-4-3-5-13-25)28-20(15-23(28)29)18-8-11-21-22(14-18)32-16-31-21/h6-11,14,20H,3-5,12-13,15-16H2,1-2H3,(H,26,30). The monoisotopic (exact) mass is 435 g/mol. The molecule has 1 saturated carbocycles. The van der Waals surface area contributed by atoms with E-state index >= 15 is 0 Å². The first-order valence-corrected chi connectivity index (χ1v) is 11.3. The Morgan fingerprint density at radius 3 is 2.44 bits per heavy atom. The molecule has 1 unspecified atom stereocenters. The molecule has 5 rings (SSSR count). The normalized spacial score (nSPS) is 21.1. The molecule has 2 amide bonds. The molecule has 7 nitrogen and oxygen atoms in total. The molecule has 1 N–H and O–H groups in total. The van der Waals surface area contributed by atoms with Gasteiger partial charge in [0, 0.05) is 25.3 Å². The number of anilines is 1. The third-order valence-corrected chi connectivity index (χ3v) is 6.86. The highest BCUT2D eigenvalue weighted by Gasteiger charge is 2.51. The summed E-state index contributed by atoms with van der Waals surface area (Å²) in [5.74, 6) is 1.39. The molecule has 0 spiro atoms. The Labute approximate surface area is 188 Å². The third-order valence-electron chi connectivity index (χ3n) is 6.86. The summed E-state index contributed by atoms with van der Waals surface area (Å²) in [6.07, 6.45) is 5.05. The van der Waals surface area contributed by atoms with Gasteiger partial charge < -0.3 is 24.6 Å². The minimum Gasteiger partial charge on any atom is -0.454 e. The van der Waals surface area contributed by atoms with Crippen molar-refractivity contribution >= 4 is 17.5 Å². The van der Waals surface area contributed by atoms with Gasteiger partial charge >= 0.3 is 0 Å². The fourth-order valence-corrected chi connectivity index (χ4v) is 5.10. The molecule has 2 heterocycles. The molecule has 1 saturated heterocycles. The molecule has 0 radical (unpaired) electrons. The third kappa shape index (κ3) is 3.55. The van der Waals surface area contributed by atoms with E-state index in [-0.39, 0.29) is 24.6 Å². The lowest BCUT2D eigenvalue weighted by atomic mass is 9.81. The van der Waals surface area contributed by atoms with Gasteiger partial charge in [-0.05, 0) is 67.6 Å². The van der Waals surface area contributed by atoms with Crippen molar-refractivity contribution < 1.29 is 19.1 Å². The van der Waals surface area contributed by atoms with Gasteiger partial charge in [-0.3, -0.25) is 9.59 Å². The summed E-state index contributed by atoms with van der Waals surface area (Å²) in [5.41, 5.74) is 2.00. The first kappa shape index (κ1) is 20.7. The van der Waals surface area contributed by atoms with Crippen LogP contribution >= 0.6 is 0 Å². The number of carbonyl (C=O) groups excluding carboxylic acids is 2. The second-order valence-electron chi connectivity index (χ2n) is 9.08. The van der Waals surface area contributed by atoms with Crippen LogP contribution < -0.4 is 19.7 Å². The predicted octanol–water partition coefficient (Wildman–Crippen LogP) is 3.85. The maximum Gasteiger partial charge on any atom is 0.253 e. The minimum atomic E-state index is -0.661. The average Bonchev–Trinajstić information content (AvgIpc) is 3.25. The Kier molecular flexibility index (Phi) is 5.19. The van der Waals surface area contributed by atoms with E-state index in [4.69, 9.17) is 9.47 Å². The van der Waals surface area contributed by atoms with Gasteiger partial charge in [-0.1, -0.05) is 12.5 Å². The number of fused-ring (bicyclic) bond motifs is 1. The molecule has 0 aromatic heterocycles. The number of amides is 2. The van der Waals surface area contributed by atoms with Crippen molar-refractivity contribution in [2.24, 2.45) is 0 Å². The summed E-state index contributed by atoms with van der Waals surface area (Å²) in [7, 11) is 3.94. The maximum absolute atomic E-state index is 13.2. The molecule has 2 aromatic rings. The number of ether oxygens (including phenoxy) is 2. The second kappa shape index (κ2) is 8.04. The maximum atomic E-state index is 13.2. The Hall–Kier alpha value is -3.22. The first-order valence-electron chi connectivity index (χ1n) is 11.3. The molecule has 2 aromatic carbocycles. The van der Waals surface area contributed by atoms with E-state index in [2.05, 4.69) is 5.32 Å². The Morgan fingerprint density at radius 1 is 1.03 bits per heavy atom. The van der Waals surface area contributed by atoms with Crippen molar-refractivity contribution in [3.8, 4) is 11.5 Å². The lowest BCUT2D eigenvalue weighted by molar-refractivity contribution is -0.162. The topological polar surface area (TPSA) is 71.1 Å². The second-order valence-corrected chi connectivity index (χ2v) is 9.08. The van der Waals surface area contributed by atoms with Crippen LogP contribution in [0.1, 0.15) is 60.5 Å². The summed E-state index contributed by atoms with van der Waals surface area (Å²) >= 11 is 0. The van der Waals surface area contributed by atoms with E-state index in [1.807, 2.05) is 66.4 Å². The highest BCUT2D eigenvalue weighted by molar-refractivity contribution is 5.95. The van der Waals surface area contributed by atoms with Gasteiger partial charge in [0.1, 0.15) is 5.66 Å². The van der Waals surface area contributed by atoms with Crippen molar-refractivity contribution in [2.75, 3.05) is 25.8 Å². The van der Waals surface area contributed by atoms with Gasteiger partial charge in [-0.2, -0.15) is 0 Å². The molecule has 0 bridgehead atoms. The van der Waals surface area contributed by atoms with E-state index < -0.39 is 5.66 Å². The zero-order valence-corrected chi connectivity index (χ0v) is 18.6. The van der Waals surface area contributed by atoms with Gasteiger partial charge in [0.2, 0.25) is 12.7 Å². The van der Waals surface area contributed by atoms with Crippen molar-refractivity contribution in [3.05, 3.63) is 53.6 Å². The molecule has 32 heavy (non-hydrogen) atoms. The van der Waals surface area contributed by atoms with Crippen LogP contribution in [0.3, 0.4) is 0 Å². The Balaban J connectivity index is 1.41. The molecule has 1 aliphatic carbocycles.